The number of likely N-dealkylation sites (tertiary alicyclic amines) is 1. The monoisotopic (exact) mass is 562 g/mol. The second kappa shape index (κ2) is 11.0. The number of hydrogen-bond acceptors (Lipinski definition) is 8. The SMILES string of the molecule is CN1CCCC1COc1nc2c(c(N3C[C@H]4CC(CCO)[C@@H](C3)N4)n1)CCN(c1cccc3cccc(Cl)c13)C2. The quantitative estimate of drug-likeness (QED) is 0.449. The van der Waals surface area contributed by atoms with Crippen molar-refractivity contribution in [2.24, 2.45) is 5.92 Å². The fourth-order valence-corrected chi connectivity index (χ4v) is 7.70. The third kappa shape index (κ3) is 4.89. The van der Waals surface area contributed by atoms with E-state index in [0.717, 1.165) is 84.9 Å². The minimum atomic E-state index is 0.250. The van der Waals surface area contributed by atoms with Crippen molar-refractivity contribution in [3.8, 4) is 6.01 Å². The van der Waals surface area contributed by atoms with E-state index in [1.54, 1.807) is 0 Å². The number of fused-ring (bicyclic) bond motifs is 4. The molecule has 3 fully saturated rings. The second-order valence-corrected chi connectivity index (χ2v) is 12.4. The van der Waals surface area contributed by atoms with Crippen molar-refractivity contribution < 1.29 is 9.84 Å². The third-order valence-electron chi connectivity index (χ3n) is 9.54. The Hall–Kier alpha value is -2.65. The number of aromatic nitrogens is 2. The lowest BCUT2D eigenvalue weighted by Gasteiger charge is -2.38. The Morgan fingerprint density at radius 2 is 1.98 bits per heavy atom. The number of nitrogens with zero attached hydrogens (tertiary/aromatic N) is 5. The molecule has 2 unspecified atom stereocenters. The van der Waals surface area contributed by atoms with E-state index < -0.39 is 0 Å². The molecule has 4 aliphatic heterocycles. The van der Waals surface area contributed by atoms with E-state index in [1.807, 2.05) is 12.1 Å². The molecule has 2 bridgehead atoms. The molecule has 3 saturated heterocycles. The number of likely N-dealkylation sites (N-methyl/N-ethyl adjacent to an activating group) is 1. The van der Waals surface area contributed by atoms with Crippen molar-refractivity contribution in [2.45, 2.75) is 56.8 Å². The fourth-order valence-electron chi connectivity index (χ4n) is 7.42. The van der Waals surface area contributed by atoms with Crippen LogP contribution in [0.3, 0.4) is 0 Å². The molecule has 5 heterocycles. The smallest absolute Gasteiger partial charge is 0.318 e. The van der Waals surface area contributed by atoms with Crippen molar-refractivity contribution in [2.75, 3.05) is 56.2 Å². The van der Waals surface area contributed by atoms with E-state index in [9.17, 15) is 5.11 Å². The van der Waals surface area contributed by atoms with Crippen molar-refractivity contribution in [1.82, 2.24) is 20.2 Å². The standard InChI is InChI=1S/C31H39ClN6O2/c1-36-12-4-7-23(36)19-40-31-34-27-18-37(28-9-3-6-20-5-2-8-25(32)29(20)28)13-10-24(27)30(35-31)38-16-22-15-21(11-14-39)26(17-38)33-22/h2-3,5-6,8-9,21-23,26,33,39H,4,7,10-19H2,1H3/t21?,22-,23?,26-/m1/s1. The van der Waals surface area contributed by atoms with Gasteiger partial charge in [-0.15, -0.1) is 0 Å². The average molecular weight is 563 g/mol. The predicted octanol–water partition coefficient (Wildman–Crippen LogP) is 3.87. The number of ether oxygens (including phenoxy) is 1. The normalized spacial score (nSPS) is 26.5. The van der Waals surface area contributed by atoms with Gasteiger partial charge in [-0.05, 0) is 69.1 Å². The number of anilines is 2. The lowest BCUT2D eigenvalue weighted by molar-refractivity contribution is 0.187. The van der Waals surface area contributed by atoms with Gasteiger partial charge in [0.25, 0.3) is 0 Å². The van der Waals surface area contributed by atoms with Crippen LogP contribution in [0.25, 0.3) is 10.8 Å². The molecule has 7 rings (SSSR count). The Morgan fingerprint density at radius 3 is 2.80 bits per heavy atom. The van der Waals surface area contributed by atoms with Gasteiger partial charge in [0.05, 0.1) is 17.3 Å². The lowest BCUT2D eigenvalue weighted by Crippen LogP contribution is -2.53. The van der Waals surface area contributed by atoms with Crippen LogP contribution in [0.1, 0.15) is 36.9 Å². The Balaban J connectivity index is 1.22. The second-order valence-electron chi connectivity index (χ2n) is 12.0. The predicted molar refractivity (Wildman–Crippen MR) is 160 cm³/mol. The minimum Gasteiger partial charge on any atom is -0.462 e. The third-order valence-corrected chi connectivity index (χ3v) is 9.85. The van der Waals surface area contributed by atoms with E-state index in [4.69, 9.17) is 26.3 Å². The summed E-state index contributed by atoms with van der Waals surface area (Å²) in [5.74, 6) is 1.55. The number of nitrogens with one attached hydrogen (secondary N) is 1. The van der Waals surface area contributed by atoms with Crippen LogP contribution in [-0.4, -0.2) is 84.5 Å². The summed E-state index contributed by atoms with van der Waals surface area (Å²) in [6.45, 7) is 5.38. The van der Waals surface area contributed by atoms with Crippen LogP contribution in [0, 0.1) is 5.92 Å². The zero-order valence-corrected chi connectivity index (χ0v) is 24.0. The summed E-state index contributed by atoms with van der Waals surface area (Å²) in [6, 6.07) is 14.2. The highest BCUT2D eigenvalue weighted by atomic mass is 35.5. The van der Waals surface area contributed by atoms with Gasteiger partial charge in [0.15, 0.2) is 0 Å². The molecular formula is C31H39ClN6O2. The first-order valence-corrected chi connectivity index (χ1v) is 15.2. The summed E-state index contributed by atoms with van der Waals surface area (Å²) in [6.07, 6.45) is 5.20. The van der Waals surface area contributed by atoms with Gasteiger partial charge < -0.3 is 29.9 Å². The van der Waals surface area contributed by atoms with Crippen LogP contribution in [-0.2, 0) is 13.0 Å². The Labute approximate surface area is 241 Å². The molecule has 0 aliphatic carbocycles. The summed E-state index contributed by atoms with van der Waals surface area (Å²) in [7, 11) is 2.17. The van der Waals surface area contributed by atoms with Gasteiger partial charge in [-0.1, -0.05) is 35.9 Å². The van der Waals surface area contributed by atoms with Crippen molar-refractivity contribution in [3.05, 3.63) is 52.7 Å². The first kappa shape index (κ1) is 26.3. The molecule has 4 aliphatic rings. The molecular weight excluding hydrogens is 524 g/mol. The zero-order valence-electron chi connectivity index (χ0n) is 23.2. The van der Waals surface area contributed by atoms with Gasteiger partial charge in [-0.25, -0.2) is 0 Å². The molecule has 0 spiro atoms. The molecule has 3 aromatic rings. The Kier molecular flexibility index (Phi) is 7.20. The molecule has 2 N–H and O–H groups in total. The van der Waals surface area contributed by atoms with E-state index in [1.165, 1.54) is 12.0 Å². The molecule has 212 valence electrons. The fraction of sp³-hybridized carbons (Fsp3) is 0.548. The number of piperazine rings is 1. The number of aliphatic hydroxyl groups excluding tert-OH is 1. The van der Waals surface area contributed by atoms with Crippen molar-refractivity contribution >= 4 is 33.9 Å². The van der Waals surface area contributed by atoms with Crippen LogP contribution in [0.15, 0.2) is 36.4 Å². The maximum absolute atomic E-state index is 9.60. The highest BCUT2D eigenvalue weighted by Crippen LogP contribution is 2.38. The first-order valence-electron chi connectivity index (χ1n) is 14.8. The molecule has 4 atom stereocenters. The summed E-state index contributed by atoms with van der Waals surface area (Å²) in [5, 5.41) is 16.4. The molecule has 2 aromatic carbocycles. The number of hydrogen-bond donors (Lipinski definition) is 2. The van der Waals surface area contributed by atoms with Crippen LogP contribution in [0.5, 0.6) is 6.01 Å². The van der Waals surface area contributed by atoms with Gasteiger partial charge in [0.1, 0.15) is 12.4 Å². The van der Waals surface area contributed by atoms with Crippen LogP contribution >= 0.6 is 11.6 Å². The van der Waals surface area contributed by atoms with E-state index in [2.05, 4.69) is 51.3 Å². The summed E-state index contributed by atoms with van der Waals surface area (Å²) >= 11 is 6.71. The van der Waals surface area contributed by atoms with Gasteiger partial charge >= 0.3 is 6.01 Å². The molecule has 1 aromatic heterocycles. The summed E-state index contributed by atoms with van der Waals surface area (Å²) in [5.41, 5.74) is 3.44. The topological polar surface area (TPSA) is 77.0 Å². The van der Waals surface area contributed by atoms with Crippen LogP contribution < -0.4 is 19.9 Å². The van der Waals surface area contributed by atoms with Gasteiger partial charge in [-0.2, -0.15) is 9.97 Å². The molecule has 40 heavy (non-hydrogen) atoms. The first-order chi connectivity index (χ1) is 19.6. The highest BCUT2D eigenvalue weighted by Gasteiger charge is 2.41. The maximum Gasteiger partial charge on any atom is 0.318 e. The van der Waals surface area contributed by atoms with Gasteiger partial charge in [-0.3, -0.25) is 0 Å². The highest BCUT2D eigenvalue weighted by molar-refractivity contribution is 6.36. The van der Waals surface area contributed by atoms with Crippen LogP contribution in [0.2, 0.25) is 5.02 Å². The van der Waals surface area contributed by atoms with Crippen molar-refractivity contribution in [1.29, 1.82) is 0 Å². The molecule has 0 saturated carbocycles. The van der Waals surface area contributed by atoms with E-state index in [-0.39, 0.29) is 6.61 Å². The summed E-state index contributed by atoms with van der Waals surface area (Å²) < 4.78 is 6.34. The molecule has 0 amide bonds. The number of rotatable bonds is 7. The maximum atomic E-state index is 9.60. The Morgan fingerprint density at radius 1 is 1.10 bits per heavy atom. The van der Waals surface area contributed by atoms with E-state index in [0.29, 0.717) is 43.2 Å². The van der Waals surface area contributed by atoms with Gasteiger partial charge in [0, 0.05) is 61.0 Å². The van der Waals surface area contributed by atoms with Crippen LogP contribution in [0.4, 0.5) is 11.5 Å². The number of benzene rings is 2. The summed E-state index contributed by atoms with van der Waals surface area (Å²) in [4.78, 5) is 17.4. The largest absolute Gasteiger partial charge is 0.462 e. The number of aliphatic hydroxyl groups is 1. The lowest BCUT2D eigenvalue weighted by atomic mass is 9.97. The minimum absolute atomic E-state index is 0.250. The average Bonchev–Trinajstić information content (AvgIpc) is 3.51. The van der Waals surface area contributed by atoms with E-state index >= 15 is 0 Å². The molecule has 9 heteroatoms. The molecule has 0 radical (unpaired) electrons. The molecule has 8 nitrogen and oxygen atoms in total. The van der Waals surface area contributed by atoms with Crippen molar-refractivity contribution in [3.63, 3.8) is 0 Å². The Bertz CT molecular complexity index is 1380. The zero-order chi connectivity index (χ0) is 27.2. The number of halogens is 1. The van der Waals surface area contributed by atoms with Gasteiger partial charge in [0.2, 0.25) is 0 Å².